The van der Waals surface area contributed by atoms with Crippen LogP contribution in [0.25, 0.3) is 10.2 Å². The molecule has 0 fully saturated rings. The second-order valence-corrected chi connectivity index (χ2v) is 6.01. The summed E-state index contributed by atoms with van der Waals surface area (Å²) in [6.07, 6.45) is 0.289. The molecule has 2 aromatic carbocycles. The van der Waals surface area contributed by atoms with E-state index in [1.54, 1.807) is 23.8 Å². The number of benzene rings is 2. The lowest BCUT2D eigenvalue weighted by Crippen LogP contribution is -2.14. The summed E-state index contributed by atoms with van der Waals surface area (Å²) >= 11 is 1.55. The van der Waals surface area contributed by atoms with Gasteiger partial charge in [-0.15, -0.1) is 17.3 Å². The molecule has 0 aliphatic rings. The topological polar surface area (TPSA) is 51.2 Å². The van der Waals surface area contributed by atoms with Crippen molar-refractivity contribution in [1.29, 1.82) is 0 Å². The fourth-order valence-corrected chi connectivity index (χ4v) is 2.98. The molecule has 0 saturated heterocycles. The minimum absolute atomic E-state index is 0.0654. The van der Waals surface area contributed by atoms with Crippen LogP contribution in [0.4, 0.5) is 5.69 Å². The summed E-state index contributed by atoms with van der Waals surface area (Å²) in [5, 5.41) is 2.92. The van der Waals surface area contributed by atoms with Crippen LogP contribution in [-0.4, -0.2) is 17.5 Å². The number of ether oxygens (including phenoxy) is 1. The zero-order valence-electron chi connectivity index (χ0n) is 13.2. The number of nitrogens with zero attached hydrogens (tertiary/aromatic N) is 1. The van der Waals surface area contributed by atoms with Crippen LogP contribution in [0.5, 0.6) is 5.75 Å². The second-order valence-electron chi connectivity index (χ2n) is 5.12. The summed E-state index contributed by atoms with van der Waals surface area (Å²) < 4.78 is 6.57. The fourth-order valence-electron chi connectivity index (χ4n) is 2.26. The first kappa shape index (κ1) is 16.0. The van der Waals surface area contributed by atoms with E-state index in [4.69, 9.17) is 4.74 Å². The Morgan fingerprint density at radius 2 is 2.21 bits per heavy atom. The third-order valence-electron chi connectivity index (χ3n) is 3.37. The maximum absolute atomic E-state index is 12.2. The predicted octanol–water partition coefficient (Wildman–Crippen LogP) is 3.88. The number of carbonyl (C=O) groups is 1. The molecule has 120 valence electrons. The summed E-state index contributed by atoms with van der Waals surface area (Å²) in [5.41, 5.74) is 4.42. The molecule has 0 atom stereocenters. The Morgan fingerprint density at radius 1 is 1.29 bits per heavy atom. The van der Waals surface area contributed by atoms with Crippen molar-refractivity contribution >= 4 is 33.1 Å². The van der Waals surface area contributed by atoms with Crippen LogP contribution in [-0.2, 0) is 11.2 Å². The Morgan fingerprint density at radius 3 is 3.08 bits per heavy atom. The molecule has 0 saturated carbocycles. The highest BCUT2D eigenvalue weighted by atomic mass is 32.1. The average molecular weight is 336 g/mol. The Bertz CT molecular complexity index is 922. The van der Waals surface area contributed by atoms with Crippen molar-refractivity contribution in [3.05, 3.63) is 53.5 Å². The number of fused-ring (bicyclic) bond motifs is 1. The van der Waals surface area contributed by atoms with E-state index in [9.17, 15) is 4.79 Å². The van der Waals surface area contributed by atoms with Crippen LogP contribution < -0.4 is 10.1 Å². The average Bonchev–Trinajstić information content (AvgIpc) is 3.03. The molecule has 1 aromatic heterocycles. The van der Waals surface area contributed by atoms with Gasteiger partial charge in [-0.1, -0.05) is 18.1 Å². The molecule has 0 radical (unpaired) electrons. The van der Waals surface area contributed by atoms with Crippen molar-refractivity contribution < 1.29 is 9.53 Å². The number of anilines is 1. The lowest BCUT2D eigenvalue weighted by Gasteiger charge is -2.07. The van der Waals surface area contributed by atoms with E-state index in [0.717, 1.165) is 21.5 Å². The molecule has 1 heterocycles. The van der Waals surface area contributed by atoms with Gasteiger partial charge in [-0.3, -0.25) is 4.79 Å². The second kappa shape index (κ2) is 7.62. The van der Waals surface area contributed by atoms with E-state index in [-0.39, 0.29) is 12.3 Å². The molecular formula is C19H16N2O2S. The summed E-state index contributed by atoms with van der Waals surface area (Å²) in [5.74, 6) is 6.28. The van der Waals surface area contributed by atoms with Gasteiger partial charge >= 0.3 is 0 Å². The minimum atomic E-state index is -0.0654. The molecule has 5 heteroatoms. The lowest BCUT2D eigenvalue weighted by atomic mass is 10.1. The van der Waals surface area contributed by atoms with Gasteiger partial charge in [0.2, 0.25) is 5.91 Å². The number of rotatable bonds is 5. The smallest absolute Gasteiger partial charge is 0.228 e. The molecular weight excluding hydrogens is 320 g/mol. The van der Waals surface area contributed by atoms with Gasteiger partial charge in [0.05, 0.1) is 22.1 Å². The summed E-state index contributed by atoms with van der Waals surface area (Å²) in [7, 11) is 0. The summed E-state index contributed by atoms with van der Waals surface area (Å²) in [6, 6.07) is 13.2. The normalized spacial score (nSPS) is 10.0. The van der Waals surface area contributed by atoms with Gasteiger partial charge in [0, 0.05) is 5.69 Å². The highest BCUT2D eigenvalue weighted by Crippen LogP contribution is 2.22. The molecule has 1 amide bonds. The predicted molar refractivity (Wildman–Crippen MR) is 97.3 cm³/mol. The van der Waals surface area contributed by atoms with Crippen LogP contribution in [0, 0.1) is 11.8 Å². The lowest BCUT2D eigenvalue weighted by molar-refractivity contribution is -0.115. The molecule has 0 aliphatic carbocycles. The molecule has 0 unspecified atom stereocenters. The van der Waals surface area contributed by atoms with Gasteiger partial charge in [0.1, 0.15) is 12.4 Å². The first-order valence-corrected chi connectivity index (χ1v) is 8.37. The number of amides is 1. The van der Waals surface area contributed by atoms with Crippen molar-refractivity contribution in [3.63, 3.8) is 0 Å². The molecule has 0 aliphatic heterocycles. The van der Waals surface area contributed by atoms with E-state index >= 15 is 0 Å². The van der Waals surface area contributed by atoms with E-state index in [1.807, 2.05) is 42.5 Å². The van der Waals surface area contributed by atoms with Crippen molar-refractivity contribution in [1.82, 2.24) is 4.98 Å². The SMILES string of the molecule is CC#CCOc1cccc(CC(=O)Nc2ccc3ncsc3c2)c1. The fraction of sp³-hybridized carbons (Fsp3) is 0.158. The van der Waals surface area contributed by atoms with E-state index in [2.05, 4.69) is 22.1 Å². The highest BCUT2D eigenvalue weighted by molar-refractivity contribution is 7.16. The van der Waals surface area contributed by atoms with Gasteiger partial charge in [-0.2, -0.15) is 0 Å². The number of nitrogens with one attached hydrogen (secondary N) is 1. The van der Waals surface area contributed by atoms with Gasteiger partial charge < -0.3 is 10.1 Å². The number of thiazole rings is 1. The molecule has 24 heavy (non-hydrogen) atoms. The van der Waals surface area contributed by atoms with Crippen molar-refractivity contribution in [2.45, 2.75) is 13.3 Å². The van der Waals surface area contributed by atoms with Crippen LogP contribution in [0.2, 0.25) is 0 Å². The summed E-state index contributed by atoms with van der Waals surface area (Å²) in [4.78, 5) is 16.5. The third-order valence-corrected chi connectivity index (χ3v) is 4.16. The number of carbonyl (C=O) groups excluding carboxylic acids is 1. The molecule has 4 nitrogen and oxygen atoms in total. The van der Waals surface area contributed by atoms with Gasteiger partial charge in [0.15, 0.2) is 0 Å². The highest BCUT2D eigenvalue weighted by Gasteiger charge is 2.06. The van der Waals surface area contributed by atoms with Crippen molar-refractivity contribution in [3.8, 4) is 17.6 Å². The van der Waals surface area contributed by atoms with Gasteiger partial charge in [-0.25, -0.2) is 4.98 Å². The Labute approximate surface area is 144 Å². The molecule has 1 N–H and O–H groups in total. The summed E-state index contributed by atoms with van der Waals surface area (Å²) in [6.45, 7) is 2.12. The maximum Gasteiger partial charge on any atom is 0.228 e. The zero-order valence-corrected chi connectivity index (χ0v) is 14.0. The van der Waals surface area contributed by atoms with Crippen molar-refractivity contribution in [2.24, 2.45) is 0 Å². The van der Waals surface area contributed by atoms with Gasteiger partial charge in [0.25, 0.3) is 0 Å². The van der Waals surface area contributed by atoms with Crippen LogP contribution in [0.1, 0.15) is 12.5 Å². The largest absolute Gasteiger partial charge is 0.481 e. The van der Waals surface area contributed by atoms with Crippen LogP contribution in [0.15, 0.2) is 48.0 Å². The number of hydrogen-bond donors (Lipinski definition) is 1. The molecule has 0 bridgehead atoms. The Hall–Kier alpha value is -2.84. The van der Waals surface area contributed by atoms with Crippen molar-refractivity contribution in [2.75, 3.05) is 11.9 Å². The minimum Gasteiger partial charge on any atom is -0.481 e. The quantitative estimate of drug-likeness (QED) is 0.719. The Kier molecular flexibility index (Phi) is 5.09. The van der Waals surface area contributed by atoms with Gasteiger partial charge in [-0.05, 0) is 42.8 Å². The zero-order chi connectivity index (χ0) is 16.8. The number of aromatic nitrogens is 1. The van der Waals surface area contributed by atoms with E-state index < -0.39 is 0 Å². The number of hydrogen-bond acceptors (Lipinski definition) is 4. The maximum atomic E-state index is 12.2. The van der Waals surface area contributed by atoms with Crippen LogP contribution >= 0.6 is 11.3 Å². The monoisotopic (exact) mass is 336 g/mol. The standard InChI is InChI=1S/C19H16N2O2S/c1-2-3-9-23-16-6-4-5-14(10-16)11-19(22)21-15-7-8-17-18(12-15)24-13-20-17/h4-8,10,12-13H,9,11H2,1H3,(H,21,22). The van der Waals surface area contributed by atoms with Crippen LogP contribution in [0.3, 0.4) is 0 Å². The third kappa shape index (κ3) is 4.12. The van der Waals surface area contributed by atoms with E-state index in [1.165, 1.54) is 0 Å². The molecule has 3 aromatic rings. The first-order chi connectivity index (χ1) is 11.7. The Balaban J connectivity index is 1.63. The molecule has 0 spiro atoms. The van der Waals surface area contributed by atoms with E-state index in [0.29, 0.717) is 12.4 Å². The molecule has 3 rings (SSSR count). The first-order valence-electron chi connectivity index (χ1n) is 7.49.